The van der Waals surface area contributed by atoms with Crippen LogP contribution < -0.4 is 4.90 Å². The standard InChI is InChI=1S/C49H31N3O/c1-3-15-34(16-4-1)49-50-42-23-13-25-44(48(42)53-49)52(36-29-28-33-27-26-32-14-7-8-19-37(32)41(33)30-36)45-31-46-47(39-21-10-9-20-38(39)45)40-22-11-12-24-43(40)51(46)35-17-5-2-6-18-35/h1-31H. The molecule has 0 aliphatic rings. The van der Waals surface area contributed by atoms with E-state index in [9.17, 15) is 0 Å². The molecule has 2 heterocycles. The van der Waals surface area contributed by atoms with E-state index in [1.165, 1.54) is 43.2 Å². The third-order valence-corrected chi connectivity index (χ3v) is 10.6. The van der Waals surface area contributed by atoms with Crippen molar-refractivity contribution < 1.29 is 4.42 Å². The van der Waals surface area contributed by atoms with Crippen LogP contribution in [0.5, 0.6) is 0 Å². The zero-order valence-corrected chi connectivity index (χ0v) is 28.6. The summed E-state index contributed by atoms with van der Waals surface area (Å²) in [6.45, 7) is 0. The first-order valence-electron chi connectivity index (χ1n) is 18.0. The molecule has 0 aliphatic heterocycles. The number of hydrogen-bond donors (Lipinski definition) is 0. The molecular weight excluding hydrogens is 647 g/mol. The number of hydrogen-bond acceptors (Lipinski definition) is 3. The first-order chi connectivity index (χ1) is 26.3. The summed E-state index contributed by atoms with van der Waals surface area (Å²) in [5.41, 5.74) is 8.92. The molecular formula is C49H31N3O. The van der Waals surface area contributed by atoms with E-state index in [2.05, 4.69) is 161 Å². The normalized spacial score (nSPS) is 11.8. The maximum absolute atomic E-state index is 6.75. The molecule has 0 aliphatic carbocycles. The lowest BCUT2D eigenvalue weighted by molar-refractivity contribution is 0.620. The van der Waals surface area contributed by atoms with Gasteiger partial charge in [-0.05, 0) is 87.6 Å². The molecule has 4 nitrogen and oxygen atoms in total. The first-order valence-corrected chi connectivity index (χ1v) is 18.0. The zero-order valence-electron chi connectivity index (χ0n) is 28.6. The molecule has 0 saturated carbocycles. The van der Waals surface area contributed by atoms with Gasteiger partial charge in [0.1, 0.15) is 5.52 Å². The Morgan fingerprint density at radius 3 is 1.94 bits per heavy atom. The third-order valence-electron chi connectivity index (χ3n) is 10.6. The fraction of sp³-hybridized carbons (Fsp3) is 0. The summed E-state index contributed by atoms with van der Waals surface area (Å²) in [5.74, 6) is 0.599. The summed E-state index contributed by atoms with van der Waals surface area (Å²) >= 11 is 0. The smallest absolute Gasteiger partial charge is 0.227 e. The molecule has 9 aromatic carbocycles. The van der Waals surface area contributed by atoms with Crippen molar-refractivity contribution in [1.29, 1.82) is 0 Å². The van der Waals surface area contributed by atoms with Gasteiger partial charge in [0.05, 0.1) is 22.4 Å². The Bertz CT molecular complexity index is 3180. The van der Waals surface area contributed by atoms with Crippen LogP contribution in [0.3, 0.4) is 0 Å². The Morgan fingerprint density at radius 1 is 0.453 bits per heavy atom. The molecule has 4 heteroatoms. The van der Waals surface area contributed by atoms with E-state index in [0.29, 0.717) is 5.89 Å². The van der Waals surface area contributed by atoms with E-state index >= 15 is 0 Å². The maximum atomic E-state index is 6.75. The van der Waals surface area contributed by atoms with Crippen LogP contribution in [0.2, 0.25) is 0 Å². The van der Waals surface area contributed by atoms with Crippen LogP contribution in [0.4, 0.5) is 17.1 Å². The molecule has 248 valence electrons. The Labute approximate surface area is 305 Å². The van der Waals surface area contributed by atoms with Crippen LogP contribution >= 0.6 is 0 Å². The minimum Gasteiger partial charge on any atom is -0.434 e. The van der Waals surface area contributed by atoms with Gasteiger partial charge in [-0.3, -0.25) is 0 Å². The summed E-state index contributed by atoms with van der Waals surface area (Å²) in [7, 11) is 0. The van der Waals surface area contributed by atoms with E-state index < -0.39 is 0 Å². The van der Waals surface area contributed by atoms with E-state index in [-0.39, 0.29) is 0 Å². The van der Waals surface area contributed by atoms with E-state index in [4.69, 9.17) is 9.40 Å². The minimum atomic E-state index is 0.599. The van der Waals surface area contributed by atoms with Gasteiger partial charge in [-0.15, -0.1) is 0 Å². The summed E-state index contributed by atoms with van der Waals surface area (Å²) in [4.78, 5) is 7.37. The van der Waals surface area contributed by atoms with E-state index in [0.717, 1.165) is 50.3 Å². The highest BCUT2D eigenvalue weighted by atomic mass is 16.3. The van der Waals surface area contributed by atoms with Crippen molar-refractivity contribution in [1.82, 2.24) is 9.55 Å². The number of anilines is 3. The second-order valence-electron chi connectivity index (χ2n) is 13.6. The molecule has 0 saturated heterocycles. The van der Waals surface area contributed by atoms with Crippen molar-refractivity contribution in [3.05, 3.63) is 188 Å². The molecule has 0 atom stereocenters. The monoisotopic (exact) mass is 677 g/mol. The maximum Gasteiger partial charge on any atom is 0.227 e. The van der Waals surface area contributed by atoms with Crippen molar-refractivity contribution in [3.63, 3.8) is 0 Å². The van der Waals surface area contributed by atoms with E-state index in [1.54, 1.807) is 0 Å². The lowest BCUT2D eigenvalue weighted by Gasteiger charge is -2.28. The van der Waals surface area contributed by atoms with Crippen LogP contribution in [0.25, 0.3) is 82.4 Å². The summed E-state index contributed by atoms with van der Waals surface area (Å²) in [6, 6.07) is 66.8. The van der Waals surface area contributed by atoms with E-state index in [1.807, 2.05) is 36.4 Å². The predicted octanol–water partition coefficient (Wildman–Crippen LogP) is 13.5. The fourth-order valence-corrected chi connectivity index (χ4v) is 8.20. The van der Waals surface area contributed by atoms with Gasteiger partial charge < -0.3 is 13.9 Å². The van der Waals surface area contributed by atoms with Gasteiger partial charge in [0, 0.05) is 33.1 Å². The number of oxazole rings is 1. The molecule has 0 fully saturated rings. The molecule has 53 heavy (non-hydrogen) atoms. The highest BCUT2D eigenvalue weighted by molar-refractivity contribution is 6.25. The molecule has 0 radical (unpaired) electrons. The summed E-state index contributed by atoms with van der Waals surface area (Å²) in [6.07, 6.45) is 0. The van der Waals surface area contributed by atoms with Gasteiger partial charge in [0.2, 0.25) is 5.89 Å². The highest BCUT2D eigenvalue weighted by Gasteiger charge is 2.25. The van der Waals surface area contributed by atoms with Gasteiger partial charge in [-0.1, -0.05) is 127 Å². The average Bonchev–Trinajstić information content (AvgIpc) is 3.82. The SMILES string of the molecule is c1ccc(-c2nc3cccc(N(c4ccc5ccc6ccccc6c5c4)c4cc5c(c6ccccc46)c4ccccc4n5-c4ccccc4)c3o2)cc1. The van der Waals surface area contributed by atoms with Gasteiger partial charge >= 0.3 is 0 Å². The second kappa shape index (κ2) is 11.7. The largest absolute Gasteiger partial charge is 0.434 e. The molecule has 11 aromatic rings. The highest BCUT2D eigenvalue weighted by Crippen LogP contribution is 2.48. The second-order valence-corrected chi connectivity index (χ2v) is 13.6. The molecule has 0 N–H and O–H groups in total. The number of para-hydroxylation sites is 3. The Hall–Kier alpha value is -7.17. The average molecular weight is 678 g/mol. The zero-order chi connectivity index (χ0) is 34.9. The van der Waals surface area contributed by atoms with Crippen molar-refractivity contribution in [2.45, 2.75) is 0 Å². The van der Waals surface area contributed by atoms with Crippen LogP contribution in [-0.4, -0.2) is 9.55 Å². The van der Waals surface area contributed by atoms with Crippen LogP contribution in [0, 0.1) is 0 Å². The Kier molecular flexibility index (Phi) is 6.52. The summed E-state index contributed by atoms with van der Waals surface area (Å²) < 4.78 is 9.15. The lowest BCUT2D eigenvalue weighted by Crippen LogP contribution is -2.11. The molecule has 0 unspecified atom stereocenters. The van der Waals surface area contributed by atoms with Gasteiger partial charge in [-0.2, -0.15) is 0 Å². The van der Waals surface area contributed by atoms with Crippen LogP contribution in [0.1, 0.15) is 0 Å². The van der Waals surface area contributed by atoms with Gasteiger partial charge in [0.15, 0.2) is 5.58 Å². The number of benzene rings is 9. The molecule has 0 bridgehead atoms. The van der Waals surface area contributed by atoms with Crippen LogP contribution in [0.15, 0.2) is 192 Å². The predicted molar refractivity (Wildman–Crippen MR) is 221 cm³/mol. The fourth-order valence-electron chi connectivity index (χ4n) is 8.20. The number of rotatable bonds is 5. The molecule has 11 rings (SSSR count). The van der Waals surface area contributed by atoms with Crippen molar-refractivity contribution in [2.75, 3.05) is 4.90 Å². The quantitative estimate of drug-likeness (QED) is 0.170. The molecule has 0 spiro atoms. The van der Waals surface area contributed by atoms with Crippen molar-refractivity contribution >= 4 is 82.3 Å². The van der Waals surface area contributed by atoms with Crippen molar-refractivity contribution in [3.8, 4) is 17.1 Å². The van der Waals surface area contributed by atoms with Gasteiger partial charge in [0.25, 0.3) is 0 Å². The number of fused-ring (bicyclic) bond motifs is 9. The Morgan fingerprint density at radius 2 is 1.11 bits per heavy atom. The van der Waals surface area contributed by atoms with Crippen LogP contribution in [-0.2, 0) is 0 Å². The van der Waals surface area contributed by atoms with Gasteiger partial charge in [-0.25, -0.2) is 4.98 Å². The summed E-state index contributed by atoms with van der Waals surface area (Å²) in [5, 5.41) is 9.63. The first kappa shape index (κ1) is 29.5. The number of nitrogens with zero attached hydrogens (tertiary/aromatic N) is 3. The van der Waals surface area contributed by atoms with Crippen molar-refractivity contribution in [2.24, 2.45) is 0 Å². The third kappa shape index (κ3) is 4.59. The molecule has 0 amide bonds. The lowest BCUT2D eigenvalue weighted by atomic mass is 9.99. The minimum absolute atomic E-state index is 0.599. The number of aromatic nitrogens is 2. The Balaban J connectivity index is 1.28. The molecule has 2 aromatic heterocycles. The topological polar surface area (TPSA) is 34.2 Å².